The van der Waals surface area contributed by atoms with Gasteiger partial charge in [-0.2, -0.15) is 0 Å². The molecular weight excluding hydrogens is 264 g/mol. The first kappa shape index (κ1) is 15.5. The summed E-state index contributed by atoms with van der Waals surface area (Å²) in [5.41, 5.74) is 3.21. The molecule has 4 heteroatoms. The number of pyridine rings is 1. The number of aryl methyl sites for hydroxylation is 1. The lowest BCUT2D eigenvalue weighted by atomic mass is 10.1. The van der Waals surface area contributed by atoms with E-state index < -0.39 is 0 Å². The van der Waals surface area contributed by atoms with Gasteiger partial charge < -0.3 is 9.84 Å². The Bertz CT molecular complexity index is 552. The molecule has 0 aliphatic heterocycles. The van der Waals surface area contributed by atoms with E-state index in [1.807, 2.05) is 50.5 Å². The molecule has 0 saturated carbocycles. The molecule has 0 aliphatic carbocycles. The lowest BCUT2D eigenvalue weighted by Gasteiger charge is -2.26. The van der Waals surface area contributed by atoms with Gasteiger partial charge in [-0.3, -0.25) is 9.88 Å². The Morgan fingerprint density at radius 1 is 1.19 bits per heavy atom. The smallest absolute Gasteiger partial charge is 0.118 e. The number of aliphatic hydroxyl groups is 1. The van der Waals surface area contributed by atoms with Gasteiger partial charge >= 0.3 is 0 Å². The zero-order valence-corrected chi connectivity index (χ0v) is 12.8. The molecule has 21 heavy (non-hydrogen) atoms. The van der Waals surface area contributed by atoms with E-state index in [0.717, 1.165) is 22.6 Å². The van der Waals surface area contributed by atoms with E-state index in [9.17, 15) is 5.11 Å². The number of ether oxygens (including phenoxy) is 1. The minimum atomic E-state index is -0.0565. The van der Waals surface area contributed by atoms with Gasteiger partial charge in [-0.15, -0.1) is 0 Å². The Hall–Kier alpha value is -1.91. The maximum absolute atomic E-state index is 9.71. The summed E-state index contributed by atoms with van der Waals surface area (Å²) in [7, 11) is 3.64. The molecule has 0 aliphatic rings. The standard InChI is InChI=1S/C17H22N2O2/c1-13-4-7-15(18-10-13)11-19(2)17(12-20)14-5-8-16(21-3)9-6-14/h4-10,17,20H,11-12H2,1-3H3. The Morgan fingerprint density at radius 2 is 1.90 bits per heavy atom. The highest BCUT2D eigenvalue weighted by molar-refractivity contribution is 5.29. The molecule has 1 unspecified atom stereocenters. The van der Waals surface area contributed by atoms with Crippen LogP contribution >= 0.6 is 0 Å². The molecule has 4 nitrogen and oxygen atoms in total. The molecule has 1 aromatic heterocycles. The molecular formula is C17H22N2O2. The highest BCUT2D eigenvalue weighted by Gasteiger charge is 2.16. The van der Waals surface area contributed by atoms with E-state index in [0.29, 0.717) is 6.54 Å². The molecule has 2 aromatic rings. The van der Waals surface area contributed by atoms with E-state index in [1.165, 1.54) is 0 Å². The van der Waals surface area contributed by atoms with Crippen molar-refractivity contribution in [3.8, 4) is 5.75 Å². The highest BCUT2D eigenvalue weighted by atomic mass is 16.5. The van der Waals surface area contributed by atoms with E-state index in [4.69, 9.17) is 4.74 Å². The maximum Gasteiger partial charge on any atom is 0.118 e. The van der Waals surface area contributed by atoms with Gasteiger partial charge in [0, 0.05) is 12.7 Å². The molecule has 1 heterocycles. The van der Waals surface area contributed by atoms with Crippen LogP contribution < -0.4 is 4.74 Å². The maximum atomic E-state index is 9.71. The second kappa shape index (κ2) is 7.20. The van der Waals surface area contributed by atoms with Crippen molar-refractivity contribution in [1.29, 1.82) is 0 Å². The number of methoxy groups -OCH3 is 1. The van der Waals surface area contributed by atoms with Crippen molar-refractivity contribution in [3.63, 3.8) is 0 Å². The van der Waals surface area contributed by atoms with Gasteiger partial charge in [0.1, 0.15) is 5.75 Å². The number of rotatable bonds is 6. The van der Waals surface area contributed by atoms with E-state index in [1.54, 1.807) is 7.11 Å². The topological polar surface area (TPSA) is 45.6 Å². The summed E-state index contributed by atoms with van der Waals surface area (Å²) in [6.45, 7) is 2.78. The Kier molecular flexibility index (Phi) is 5.31. The average Bonchev–Trinajstić information content (AvgIpc) is 2.51. The fraction of sp³-hybridized carbons (Fsp3) is 0.353. The van der Waals surface area contributed by atoms with Gasteiger partial charge in [-0.25, -0.2) is 0 Å². The Labute approximate surface area is 126 Å². The number of hydrogen-bond donors (Lipinski definition) is 1. The van der Waals surface area contributed by atoms with Gasteiger partial charge in [-0.1, -0.05) is 18.2 Å². The molecule has 0 spiro atoms. The van der Waals surface area contributed by atoms with Crippen LogP contribution in [0.15, 0.2) is 42.6 Å². The fourth-order valence-corrected chi connectivity index (χ4v) is 2.28. The van der Waals surface area contributed by atoms with Gasteiger partial charge in [0.25, 0.3) is 0 Å². The number of nitrogens with zero attached hydrogens (tertiary/aromatic N) is 2. The van der Waals surface area contributed by atoms with Crippen molar-refractivity contribution in [2.24, 2.45) is 0 Å². The molecule has 1 atom stereocenters. The summed E-state index contributed by atoms with van der Waals surface area (Å²) in [6, 6.07) is 11.8. The summed E-state index contributed by atoms with van der Waals surface area (Å²) in [6.07, 6.45) is 1.87. The molecule has 0 amide bonds. The van der Waals surface area contributed by atoms with E-state index in [-0.39, 0.29) is 12.6 Å². The first-order valence-electron chi connectivity index (χ1n) is 7.00. The van der Waals surface area contributed by atoms with Crippen molar-refractivity contribution >= 4 is 0 Å². The summed E-state index contributed by atoms with van der Waals surface area (Å²) in [5, 5.41) is 9.71. The average molecular weight is 286 g/mol. The molecule has 0 fully saturated rings. The fourth-order valence-electron chi connectivity index (χ4n) is 2.28. The lowest BCUT2D eigenvalue weighted by molar-refractivity contribution is 0.141. The Morgan fingerprint density at radius 3 is 2.43 bits per heavy atom. The molecule has 0 saturated heterocycles. The molecule has 1 N–H and O–H groups in total. The summed E-state index contributed by atoms with van der Waals surface area (Å²) < 4.78 is 5.16. The predicted octanol–water partition coefficient (Wildman–Crippen LogP) is 2.56. The number of benzene rings is 1. The number of aromatic nitrogens is 1. The first-order chi connectivity index (χ1) is 10.1. The molecule has 112 valence electrons. The third-order valence-corrected chi connectivity index (χ3v) is 3.59. The van der Waals surface area contributed by atoms with Gasteiger partial charge in [0.15, 0.2) is 0 Å². The second-order valence-electron chi connectivity index (χ2n) is 5.21. The third-order valence-electron chi connectivity index (χ3n) is 3.59. The minimum absolute atomic E-state index is 0.0565. The van der Waals surface area contributed by atoms with E-state index >= 15 is 0 Å². The number of aliphatic hydroxyl groups excluding tert-OH is 1. The zero-order valence-electron chi connectivity index (χ0n) is 12.8. The van der Waals surface area contributed by atoms with Crippen LogP contribution in [0.25, 0.3) is 0 Å². The lowest BCUT2D eigenvalue weighted by Crippen LogP contribution is -2.27. The summed E-state index contributed by atoms with van der Waals surface area (Å²) in [5.74, 6) is 0.818. The molecule has 2 rings (SSSR count). The molecule has 0 bridgehead atoms. The van der Waals surface area contributed by atoms with Crippen molar-refractivity contribution in [1.82, 2.24) is 9.88 Å². The third kappa shape index (κ3) is 4.03. The monoisotopic (exact) mass is 286 g/mol. The van der Waals surface area contributed by atoms with E-state index in [2.05, 4.69) is 16.0 Å². The van der Waals surface area contributed by atoms with Crippen LogP contribution in [0.1, 0.15) is 22.9 Å². The number of hydrogen-bond acceptors (Lipinski definition) is 4. The van der Waals surface area contributed by atoms with Crippen molar-refractivity contribution in [2.75, 3.05) is 20.8 Å². The van der Waals surface area contributed by atoms with Crippen LogP contribution in [-0.4, -0.2) is 35.8 Å². The Balaban J connectivity index is 2.09. The molecule has 0 radical (unpaired) electrons. The summed E-state index contributed by atoms with van der Waals surface area (Å²) in [4.78, 5) is 6.51. The van der Waals surface area contributed by atoms with Crippen LogP contribution in [0.2, 0.25) is 0 Å². The van der Waals surface area contributed by atoms with Crippen LogP contribution in [0.3, 0.4) is 0 Å². The van der Waals surface area contributed by atoms with Crippen molar-refractivity contribution < 1.29 is 9.84 Å². The SMILES string of the molecule is COc1ccc(C(CO)N(C)Cc2ccc(C)cn2)cc1. The minimum Gasteiger partial charge on any atom is -0.497 e. The molecule has 1 aromatic carbocycles. The summed E-state index contributed by atoms with van der Waals surface area (Å²) >= 11 is 0. The van der Waals surface area contributed by atoms with Crippen LogP contribution in [0.5, 0.6) is 5.75 Å². The van der Waals surface area contributed by atoms with Gasteiger partial charge in [-0.05, 0) is 43.3 Å². The highest BCUT2D eigenvalue weighted by Crippen LogP contribution is 2.22. The normalized spacial score (nSPS) is 12.4. The largest absolute Gasteiger partial charge is 0.497 e. The number of likely N-dealkylation sites (N-methyl/N-ethyl adjacent to an activating group) is 1. The van der Waals surface area contributed by atoms with Crippen LogP contribution in [-0.2, 0) is 6.54 Å². The zero-order chi connectivity index (χ0) is 15.2. The predicted molar refractivity (Wildman–Crippen MR) is 83.3 cm³/mol. The van der Waals surface area contributed by atoms with Crippen LogP contribution in [0.4, 0.5) is 0 Å². The van der Waals surface area contributed by atoms with Crippen molar-refractivity contribution in [3.05, 3.63) is 59.4 Å². The first-order valence-corrected chi connectivity index (χ1v) is 7.00. The van der Waals surface area contributed by atoms with Crippen LogP contribution in [0, 0.1) is 6.92 Å². The van der Waals surface area contributed by atoms with Gasteiger partial charge in [0.2, 0.25) is 0 Å². The quantitative estimate of drug-likeness (QED) is 0.886. The van der Waals surface area contributed by atoms with Crippen molar-refractivity contribution in [2.45, 2.75) is 19.5 Å². The second-order valence-corrected chi connectivity index (χ2v) is 5.21. The van der Waals surface area contributed by atoms with Gasteiger partial charge in [0.05, 0.1) is 25.5 Å².